The Bertz CT molecular complexity index is 585. The molecule has 1 fully saturated rings. The van der Waals surface area contributed by atoms with Crippen molar-refractivity contribution >= 4 is 5.69 Å². The largest absolute Gasteiger partial charge is 0.460 e. The molecule has 0 spiro atoms. The predicted molar refractivity (Wildman–Crippen MR) is 70.7 cm³/mol. The molecule has 5 heteroatoms. The lowest BCUT2D eigenvalue weighted by molar-refractivity contribution is -0.384. The van der Waals surface area contributed by atoms with E-state index < -0.39 is 4.92 Å². The fourth-order valence-corrected chi connectivity index (χ4v) is 1.91. The van der Waals surface area contributed by atoms with E-state index >= 15 is 0 Å². The average molecular weight is 258 g/mol. The third-order valence-electron chi connectivity index (χ3n) is 3.17. The van der Waals surface area contributed by atoms with Crippen LogP contribution in [-0.4, -0.2) is 11.0 Å². The quantitative estimate of drug-likeness (QED) is 0.661. The summed E-state index contributed by atoms with van der Waals surface area (Å²) in [6.07, 6.45) is 2.49. The Hall–Kier alpha value is -2.14. The molecule has 1 aromatic carbocycles. The van der Waals surface area contributed by atoms with Gasteiger partial charge in [0.1, 0.15) is 11.5 Å². The van der Waals surface area contributed by atoms with Crippen molar-refractivity contribution < 1.29 is 9.34 Å². The van der Waals surface area contributed by atoms with E-state index in [9.17, 15) is 10.1 Å². The second-order valence-corrected chi connectivity index (χ2v) is 4.73. The van der Waals surface area contributed by atoms with Gasteiger partial charge in [0.2, 0.25) is 0 Å². The van der Waals surface area contributed by atoms with Crippen LogP contribution in [0.1, 0.15) is 18.6 Å². The number of nitrogens with zero attached hydrogens (tertiary/aromatic N) is 1. The third-order valence-corrected chi connectivity index (χ3v) is 3.17. The first-order chi connectivity index (χ1) is 9.22. The van der Waals surface area contributed by atoms with Crippen molar-refractivity contribution in [1.82, 2.24) is 5.32 Å². The fraction of sp³-hybridized carbons (Fsp3) is 0.286. The number of rotatable bonds is 5. The van der Waals surface area contributed by atoms with Gasteiger partial charge >= 0.3 is 0 Å². The molecule has 1 N–H and O–H groups in total. The van der Waals surface area contributed by atoms with Crippen molar-refractivity contribution in [2.45, 2.75) is 25.4 Å². The molecule has 0 saturated heterocycles. The molecule has 1 heterocycles. The van der Waals surface area contributed by atoms with Crippen molar-refractivity contribution in [2.24, 2.45) is 0 Å². The molecule has 1 saturated carbocycles. The molecular formula is C14H14N2O3. The van der Waals surface area contributed by atoms with Gasteiger partial charge < -0.3 is 9.73 Å². The maximum absolute atomic E-state index is 10.6. The van der Waals surface area contributed by atoms with Gasteiger partial charge in [-0.15, -0.1) is 0 Å². The summed E-state index contributed by atoms with van der Waals surface area (Å²) in [4.78, 5) is 10.2. The minimum absolute atomic E-state index is 0.0888. The van der Waals surface area contributed by atoms with E-state index in [0.717, 1.165) is 23.6 Å². The summed E-state index contributed by atoms with van der Waals surface area (Å²) in [6, 6.07) is 10.9. The highest BCUT2D eigenvalue weighted by molar-refractivity contribution is 5.59. The van der Waals surface area contributed by atoms with E-state index in [-0.39, 0.29) is 5.69 Å². The molecule has 0 unspecified atom stereocenters. The summed E-state index contributed by atoms with van der Waals surface area (Å²) in [5, 5.41) is 14.0. The topological polar surface area (TPSA) is 68.3 Å². The van der Waals surface area contributed by atoms with Gasteiger partial charge in [0.25, 0.3) is 5.69 Å². The molecular weight excluding hydrogens is 244 g/mol. The van der Waals surface area contributed by atoms with Gasteiger partial charge in [-0.3, -0.25) is 10.1 Å². The molecule has 1 aromatic heterocycles. The monoisotopic (exact) mass is 258 g/mol. The van der Waals surface area contributed by atoms with Crippen molar-refractivity contribution in [3.8, 4) is 11.3 Å². The zero-order valence-electron chi connectivity index (χ0n) is 10.3. The van der Waals surface area contributed by atoms with Gasteiger partial charge in [-0.1, -0.05) is 0 Å². The van der Waals surface area contributed by atoms with Gasteiger partial charge in [0, 0.05) is 23.7 Å². The SMILES string of the molecule is O=[N+]([O-])c1ccc(-c2ccc(CNC3CC3)o2)cc1. The predicted octanol–water partition coefficient (Wildman–Crippen LogP) is 3.11. The second kappa shape index (κ2) is 4.85. The summed E-state index contributed by atoms with van der Waals surface area (Å²) >= 11 is 0. The maximum Gasteiger partial charge on any atom is 0.269 e. The number of furan rings is 1. The molecule has 0 bridgehead atoms. The number of nitro groups is 1. The number of hydrogen-bond donors (Lipinski definition) is 1. The Kier molecular flexibility index (Phi) is 3.05. The smallest absolute Gasteiger partial charge is 0.269 e. The fourth-order valence-electron chi connectivity index (χ4n) is 1.91. The van der Waals surface area contributed by atoms with E-state index in [1.54, 1.807) is 12.1 Å². The van der Waals surface area contributed by atoms with E-state index in [4.69, 9.17) is 4.42 Å². The Morgan fingerprint density at radius 3 is 2.58 bits per heavy atom. The van der Waals surface area contributed by atoms with Crippen LogP contribution >= 0.6 is 0 Å². The normalized spacial score (nSPS) is 14.5. The number of nitrogens with one attached hydrogen (secondary N) is 1. The molecule has 0 atom stereocenters. The van der Waals surface area contributed by atoms with Crippen LogP contribution in [0.15, 0.2) is 40.8 Å². The van der Waals surface area contributed by atoms with Crippen LogP contribution in [0.5, 0.6) is 0 Å². The van der Waals surface area contributed by atoms with Gasteiger partial charge in [-0.05, 0) is 37.1 Å². The number of nitro benzene ring substituents is 1. The lowest BCUT2D eigenvalue weighted by atomic mass is 10.1. The molecule has 2 aromatic rings. The summed E-state index contributed by atoms with van der Waals surface area (Å²) in [6.45, 7) is 0.734. The first-order valence-electron chi connectivity index (χ1n) is 6.29. The summed E-state index contributed by atoms with van der Waals surface area (Å²) in [5.74, 6) is 1.63. The van der Waals surface area contributed by atoms with Crippen LogP contribution in [0.4, 0.5) is 5.69 Å². The molecule has 0 amide bonds. The van der Waals surface area contributed by atoms with Crippen LogP contribution < -0.4 is 5.32 Å². The Balaban J connectivity index is 1.71. The lowest BCUT2D eigenvalue weighted by Crippen LogP contribution is -2.14. The van der Waals surface area contributed by atoms with Crippen molar-refractivity contribution in [2.75, 3.05) is 0 Å². The van der Waals surface area contributed by atoms with Crippen LogP contribution in [-0.2, 0) is 6.54 Å². The molecule has 1 aliphatic rings. The van der Waals surface area contributed by atoms with E-state index in [1.165, 1.54) is 25.0 Å². The first kappa shape index (κ1) is 11.9. The van der Waals surface area contributed by atoms with Gasteiger partial charge in [-0.25, -0.2) is 0 Å². The Morgan fingerprint density at radius 2 is 1.95 bits per heavy atom. The molecule has 5 nitrogen and oxygen atoms in total. The van der Waals surface area contributed by atoms with Crippen LogP contribution in [0.2, 0.25) is 0 Å². The minimum Gasteiger partial charge on any atom is -0.460 e. The summed E-state index contributed by atoms with van der Waals surface area (Å²) in [5.41, 5.74) is 0.939. The van der Waals surface area contributed by atoms with Crippen molar-refractivity contribution in [1.29, 1.82) is 0 Å². The van der Waals surface area contributed by atoms with E-state index in [0.29, 0.717) is 6.04 Å². The third kappa shape index (κ3) is 2.82. The van der Waals surface area contributed by atoms with Gasteiger partial charge in [0.15, 0.2) is 0 Å². The molecule has 19 heavy (non-hydrogen) atoms. The van der Waals surface area contributed by atoms with Gasteiger partial charge in [0.05, 0.1) is 11.5 Å². The first-order valence-corrected chi connectivity index (χ1v) is 6.29. The number of hydrogen-bond acceptors (Lipinski definition) is 4. The van der Waals surface area contributed by atoms with E-state index in [1.807, 2.05) is 12.1 Å². The van der Waals surface area contributed by atoms with Crippen molar-refractivity contribution in [3.63, 3.8) is 0 Å². The molecule has 98 valence electrons. The average Bonchev–Trinajstić information content (AvgIpc) is 3.13. The maximum atomic E-state index is 10.6. The molecule has 0 radical (unpaired) electrons. The summed E-state index contributed by atoms with van der Waals surface area (Å²) in [7, 11) is 0. The molecule has 3 rings (SSSR count). The van der Waals surface area contributed by atoms with Crippen LogP contribution in [0.3, 0.4) is 0 Å². The highest BCUT2D eigenvalue weighted by atomic mass is 16.6. The number of benzene rings is 1. The Labute approximate surface area is 110 Å². The minimum atomic E-state index is -0.406. The van der Waals surface area contributed by atoms with Crippen LogP contribution in [0, 0.1) is 10.1 Å². The zero-order valence-corrected chi connectivity index (χ0v) is 10.3. The zero-order chi connectivity index (χ0) is 13.2. The number of non-ortho nitro benzene ring substituents is 1. The summed E-state index contributed by atoms with van der Waals surface area (Å²) < 4.78 is 5.72. The standard InChI is InChI=1S/C14H14N2O3/c17-16(18)12-5-1-10(2-6-12)14-8-7-13(19-14)9-15-11-3-4-11/h1-2,5-8,11,15H,3-4,9H2. The molecule has 1 aliphatic carbocycles. The highest BCUT2D eigenvalue weighted by Crippen LogP contribution is 2.25. The lowest BCUT2D eigenvalue weighted by Gasteiger charge is -1.99. The Morgan fingerprint density at radius 1 is 1.21 bits per heavy atom. The van der Waals surface area contributed by atoms with E-state index in [2.05, 4.69) is 5.32 Å². The second-order valence-electron chi connectivity index (χ2n) is 4.73. The van der Waals surface area contributed by atoms with Crippen LogP contribution in [0.25, 0.3) is 11.3 Å². The van der Waals surface area contributed by atoms with Crippen molar-refractivity contribution in [3.05, 3.63) is 52.3 Å². The highest BCUT2D eigenvalue weighted by Gasteiger charge is 2.20. The molecule has 0 aliphatic heterocycles. The van der Waals surface area contributed by atoms with Gasteiger partial charge in [-0.2, -0.15) is 0 Å².